The Morgan fingerprint density at radius 3 is 2.14 bits per heavy atom. The Morgan fingerprint density at radius 1 is 1.10 bits per heavy atom. The molecule has 1 aliphatic heterocycles. The van der Waals surface area contributed by atoms with Crippen molar-refractivity contribution in [3.05, 3.63) is 24.3 Å². The zero-order valence-corrected chi connectivity index (χ0v) is 13.2. The lowest BCUT2D eigenvalue weighted by Crippen LogP contribution is -2.49. The van der Waals surface area contributed by atoms with Gasteiger partial charge < -0.3 is 4.74 Å². The molecule has 0 aliphatic carbocycles. The molecule has 21 heavy (non-hydrogen) atoms. The van der Waals surface area contributed by atoms with Gasteiger partial charge in [-0.3, -0.25) is 0 Å². The van der Waals surface area contributed by atoms with Crippen LogP contribution in [-0.2, 0) is 24.8 Å². The van der Waals surface area contributed by atoms with Gasteiger partial charge in [0.2, 0.25) is 20.0 Å². The van der Waals surface area contributed by atoms with E-state index in [4.69, 9.17) is 9.88 Å². The zero-order valence-electron chi connectivity index (χ0n) is 11.6. The van der Waals surface area contributed by atoms with Gasteiger partial charge in [0, 0.05) is 18.8 Å². The number of ether oxygens (including phenoxy) is 1. The van der Waals surface area contributed by atoms with Crippen LogP contribution in [0.1, 0.15) is 19.8 Å². The van der Waals surface area contributed by atoms with Crippen LogP contribution in [0.4, 0.5) is 0 Å². The van der Waals surface area contributed by atoms with Crippen LogP contribution >= 0.6 is 0 Å². The zero-order chi connectivity index (χ0) is 15.7. The predicted octanol–water partition coefficient (Wildman–Crippen LogP) is 0.181. The van der Waals surface area contributed by atoms with Gasteiger partial charge in [0.15, 0.2) is 0 Å². The summed E-state index contributed by atoms with van der Waals surface area (Å²) in [6, 6.07) is 5.28. The third-order valence-electron chi connectivity index (χ3n) is 3.42. The van der Waals surface area contributed by atoms with E-state index in [2.05, 4.69) is 4.72 Å². The molecule has 1 heterocycles. The summed E-state index contributed by atoms with van der Waals surface area (Å²) in [5.41, 5.74) is -0.664. The highest BCUT2D eigenvalue weighted by atomic mass is 32.2. The van der Waals surface area contributed by atoms with E-state index in [1.807, 2.05) is 0 Å². The third kappa shape index (κ3) is 3.80. The SMILES string of the molecule is CC1(NS(=O)(=O)c2ccccc2S(N)(=O)=O)CCOCC1. The number of hydrogen-bond acceptors (Lipinski definition) is 5. The Labute approximate surface area is 124 Å². The Kier molecular flexibility index (Phi) is 4.41. The summed E-state index contributed by atoms with van der Waals surface area (Å²) < 4.78 is 55.9. The van der Waals surface area contributed by atoms with E-state index >= 15 is 0 Å². The molecule has 2 rings (SSSR count). The first kappa shape index (κ1) is 16.4. The number of nitrogens with one attached hydrogen (secondary N) is 1. The standard InChI is InChI=1S/C12H18N2O5S2/c1-12(6-8-19-9-7-12)14-21(17,18)11-5-3-2-4-10(11)20(13,15)16/h2-5,14H,6-9H2,1H3,(H2,13,15,16). The van der Waals surface area contributed by atoms with Gasteiger partial charge >= 0.3 is 0 Å². The molecule has 0 unspecified atom stereocenters. The molecule has 118 valence electrons. The van der Waals surface area contributed by atoms with Gasteiger partial charge in [0.25, 0.3) is 0 Å². The van der Waals surface area contributed by atoms with Crippen LogP contribution in [0.15, 0.2) is 34.1 Å². The van der Waals surface area contributed by atoms with E-state index in [0.717, 1.165) is 0 Å². The van der Waals surface area contributed by atoms with Crippen molar-refractivity contribution >= 4 is 20.0 Å². The largest absolute Gasteiger partial charge is 0.381 e. The maximum Gasteiger partial charge on any atom is 0.242 e. The van der Waals surface area contributed by atoms with Crippen molar-refractivity contribution in [1.82, 2.24) is 4.72 Å². The van der Waals surface area contributed by atoms with Gasteiger partial charge in [0.05, 0.1) is 0 Å². The molecule has 9 heteroatoms. The number of hydrogen-bond donors (Lipinski definition) is 2. The van der Waals surface area contributed by atoms with Crippen molar-refractivity contribution in [2.75, 3.05) is 13.2 Å². The van der Waals surface area contributed by atoms with Crippen molar-refractivity contribution in [2.45, 2.75) is 35.1 Å². The van der Waals surface area contributed by atoms with Gasteiger partial charge in [-0.15, -0.1) is 0 Å². The molecule has 1 aliphatic rings. The molecule has 0 bridgehead atoms. The van der Waals surface area contributed by atoms with Gasteiger partial charge in [-0.05, 0) is 31.9 Å². The number of sulfonamides is 2. The van der Waals surface area contributed by atoms with E-state index in [0.29, 0.717) is 26.1 Å². The molecule has 7 nitrogen and oxygen atoms in total. The minimum atomic E-state index is -4.12. The average molecular weight is 334 g/mol. The Hall–Kier alpha value is -1.00. The van der Waals surface area contributed by atoms with Crippen molar-refractivity contribution in [1.29, 1.82) is 0 Å². The molecule has 0 amide bonds. The summed E-state index contributed by atoms with van der Waals surface area (Å²) in [5, 5.41) is 5.08. The molecule has 1 saturated heterocycles. The maximum atomic E-state index is 12.5. The second-order valence-electron chi connectivity index (χ2n) is 5.27. The summed E-state index contributed by atoms with van der Waals surface area (Å²) in [7, 11) is -8.12. The van der Waals surface area contributed by atoms with E-state index < -0.39 is 30.5 Å². The lowest BCUT2D eigenvalue weighted by Gasteiger charge is -2.34. The molecular formula is C12H18N2O5S2. The van der Waals surface area contributed by atoms with Gasteiger partial charge in [-0.1, -0.05) is 12.1 Å². The molecule has 0 saturated carbocycles. The monoisotopic (exact) mass is 334 g/mol. The molecule has 0 radical (unpaired) electrons. The smallest absolute Gasteiger partial charge is 0.242 e. The molecule has 1 aromatic rings. The highest BCUT2D eigenvalue weighted by molar-refractivity contribution is 7.92. The van der Waals surface area contributed by atoms with Crippen molar-refractivity contribution in [2.24, 2.45) is 5.14 Å². The molecule has 0 aromatic heterocycles. The number of benzene rings is 1. The minimum absolute atomic E-state index is 0.333. The minimum Gasteiger partial charge on any atom is -0.381 e. The number of rotatable bonds is 4. The lowest BCUT2D eigenvalue weighted by atomic mass is 9.94. The van der Waals surface area contributed by atoms with Crippen molar-refractivity contribution in [3.8, 4) is 0 Å². The summed E-state index contributed by atoms with van der Waals surface area (Å²) >= 11 is 0. The Balaban J connectivity index is 2.41. The second-order valence-corrected chi connectivity index (χ2v) is 8.45. The number of nitrogens with two attached hydrogens (primary N) is 1. The lowest BCUT2D eigenvalue weighted by molar-refractivity contribution is 0.0537. The molecule has 0 atom stereocenters. The van der Waals surface area contributed by atoms with E-state index in [1.165, 1.54) is 24.3 Å². The van der Waals surface area contributed by atoms with Gasteiger partial charge in [-0.2, -0.15) is 0 Å². The maximum absolute atomic E-state index is 12.5. The topological polar surface area (TPSA) is 116 Å². The molecule has 1 fully saturated rings. The van der Waals surface area contributed by atoms with Crippen LogP contribution in [-0.4, -0.2) is 35.6 Å². The molecule has 0 spiro atoms. The van der Waals surface area contributed by atoms with Crippen LogP contribution in [0.2, 0.25) is 0 Å². The van der Waals surface area contributed by atoms with Crippen LogP contribution in [0, 0.1) is 0 Å². The van der Waals surface area contributed by atoms with Crippen molar-refractivity contribution in [3.63, 3.8) is 0 Å². The fraction of sp³-hybridized carbons (Fsp3) is 0.500. The van der Waals surface area contributed by atoms with Gasteiger partial charge in [0.1, 0.15) is 9.79 Å². The summed E-state index contributed by atoms with van der Waals surface area (Å²) in [4.78, 5) is -0.742. The fourth-order valence-electron chi connectivity index (χ4n) is 2.21. The van der Waals surface area contributed by atoms with Crippen LogP contribution in [0.25, 0.3) is 0 Å². The van der Waals surface area contributed by atoms with E-state index in [1.54, 1.807) is 6.92 Å². The average Bonchev–Trinajstić information content (AvgIpc) is 2.37. The van der Waals surface area contributed by atoms with Crippen molar-refractivity contribution < 1.29 is 21.6 Å². The quantitative estimate of drug-likeness (QED) is 0.815. The first-order valence-electron chi connectivity index (χ1n) is 6.38. The van der Waals surface area contributed by atoms with Crippen LogP contribution in [0.5, 0.6) is 0 Å². The number of primary sulfonamides is 1. The normalized spacial score (nSPS) is 19.3. The Morgan fingerprint density at radius 2 is 1.62 bits per heavy atom. The van der Waals surface area contributed by atoms with Crippen LogP contribution in [0.3, 0.4) is 0 Å². The first-order chi connectivity index (χ1) is 9.64. The predicted molar refractivity (Wildman–Crippen MR) is 76.6 cm³/mol. The van der Waals surface area contributed by atoms with Gasteiger partial charge in [-0.25, -0.2) is 26.7 Å². The molecule has 1 aromatic carbocycles. The highest BCUT2D eigenvalue weighted by Gasteiger charge is 2.34. The molecule has 3 N–H and O–H groups in total. The Bertz CT molecular complexity index is 722. The second kappa shape index (κ2) is 5.65. The van der Waals surface area contributed by atoms with E-state index in [9.17, 15) is 16.8 Å². The third-order valence-corrected chi connectivity index (χ3v) is 6.22. The first-order valence-corrected chi connectivity index (χ1v) is 9.41. The molecular weight excluding hydrogens is 316 g/mol. The summed E-state index contributed by atoms with van der Waals surface area (Å²) in [6.45, 7) is 2.68. The highest BCUT2D eigenvalue weighted by Crippen LogP contribution is 2.25. The summed E-state index contributed by atoms with van der Waals surface area (Å²) in [5.74, 6) is 0. The fourth-order valence-corrected chi connectivity index (χ4v) is 5.06. The van der Waals surface area contributed by atoms with E-state index in [-0.39, 0.29) is 4.90 Å². The summed E-state index contributed by atoms with van der Waals surface area (Å²) in [6.07, 6.45) is 1.04. The van der Waals surface area contributed by atoms with Crippen LogP contribution < -0.4 is 9.86 Å².